The number of ether oxygens (including phenoxy) is 1. The molecule has 2 N–H and O–H groups in total. The Morgan fingerprint density at radius 1 is 1.17 bits per heavy atom. The molecule has 0 unspecified atom stereocenters. The van der Waals surface area contributed by atoms with Crippen LogP contribution in [0, 0.1) is 0 Å². The zero-order valence-corrected chi connectivity index (χ0v) is 10.8. The first-order valence-electron chi connectivity index (χ1n) is 5.42. The van der Waals surface area contributed by atoms with Crippen molar-refractivity contribution in [3.05, 3.63) is 29.8 Å². The van der Waals surface area contributed by atoms with E-state index in [1.165, 1.54) is 0 Å². The highest BCUT2D eigenvalue weighted by Crippen LogP contribution is 2.10. The van der Waals surface area contributed by atoms with Gasteiger partial charge in [-0.2, -0.15) is 0 Å². The van der Waals surface area contributed by atoms with Crippen molar-refractivity contribution in [2.75, 3.05) is 26.1 Å². The minimum atomic E-state index is -0.254. The van der Waals surface area contributed by atoms with Gasteiger partial charge in [0.2, 0.25) is 5.91 Å². The van der Waals surface area contributed by atoms with Crippen LogP contribution < -0.4 is 15.4 Å². The van der Waals surface area contributed by atoms with Gasteiger partial charge >= 0.3 is 0 Å². The van der Waals surface area contributed by atoms with Gasteiger partial charge in [0.05, 0.1) is 7.11 Å². The quantitative estimate of drug-likeness (QED) is 0.593. The minimum absolute atomic E-state index is 0.0770. The van der Waals surface area contributed by atoms with Gasteiger partial charge in [-0.05, 0) is 24.3 Å². The molecule has 0 bridgehead atoms. The van der Waals surface area contributed by atoms with E-state index in [-0.39, 0.29) is 17.7 Å². The summed E-state index contributed by atoms with van der Waals surface area (Å²) in [7, 11) is 1.56. The Bertz CT molecular complexity index is 406. The molecule has 0 heterocycles. The highest BCUT2D eigenvalue weighted by molar-refractivity contribution is 6.27. The Morgan fingerprint density at radius 3 is 2.33 bits per heavy atom. The van der Waals surface area contributed by atoms with Crippen LogP contribution in [-0.4, -0.2) is 37.9 Å². The number of rotatable bonds is 6. The molecule has 5 nitrogen and oxygen atoms in total. The molecule has 0 aliphatic rings. The highest BCUT2D eigenvalue weighted by Gasteiger charge is 2.04. The summed E-state index contributed by atoms with van der Waals surface area (Å²) in [6.07, 6.45) is 0. The molecule has 18 heavy (non-hydrogen) atoms. The molecule has 0 radical (unpaired) electrons. The van der Waals surface area contributed by atoms with E-state index in [9.17, 15) is 9.59 Å². The van der Waals surface area contributed by atoms with E-state index < -0.39 is 0 Å². The van der Waals surface area contributed by atoms with Crippen LogP contribution in [0.25, 0.3) is 0 Å². The molecule has 0 saturated heterocycles. The summed E-state index contributed by atoms with van der Waals surface area (Å²) in [4.78, 5) is 22.5. The molecule has 0 fully saturated rings. The Labute approximate surface area is 110 Å². The summed E-state index contributed by atoms with van der Waals surface area (Å²) in [6.45, 7) is 0.709. The molecule has 0 atom stereocenters. The van der Waals surface area contributed by atoms with Crippen LogP contribution in [0.5, 0.6) is 5.75 Å². The molecule has 0 aromatic heterocycles. The molecular weight excluding hydrogens is 256 g/mol. The molecule has 0 aliphatic heterocycles. The average molecular weight is 271 g/mol. The summed E-state index contributed by atoms with van der Waals surface area (Å²) < 4.78 is 4.99. The summed E-state index contributed by atoms with van der Waals surface area (Å²) in [5.74, 6) is 0.168. The maximum atomic E-state index is 11.7. The van der Waals surface area contributed by atoms with E-state index in [1.807, 2.05) is 0 Å². The first kappa shape index (κ1) is 14.3. The van der Waals surface area contributed by atoms with E-state index >= 15 is 0 Å². The average Bonchev–Trinajstić information content (AvgIpc) is 2.43. The number of amides is 2. The third kappa shape index (κ3) is 4.63. The lowest BCUT2D eigenvalue weighted by Crippen LogP contribution is -2.35. The number of nitrogens with one attached hydrogen (secondary N) is 2. The molecular formula is C12H15ClN2O3. The van der Waals surface area contributed by atoms with E-state index in [0.29, 0.717) is 24.4 Å². The van der Waals surface area contributed by atoms with Gasteiger partial charge in [0.25, 0.3) is 5.91 Å². The second kappa shape index (κ2) is 7.55. The van der Waals surface area contributed by atoms with E-state index in [2.05, 4.69) is 10.6 Å². The lowest BCUT2D eigenvalue weighted by atomic mass is 10.2. The molecule has 1 rings (SSSR count). The smallest absolute Gasteiger partial charge is 0.251 e. The van der Waals surface area contributed by atoms with Crippen LogP contribution in [-0.2, 0) is 4.79 Å². The van der Waals surface area contributed by atoms with Gasteiger partial charge in [-0.3, -0.25) is 9.59 Å². The van der Waals surface area contributed by atoms with Gasteiger partial charge in [-0.1, -0.05) is 0 Å². The number of hydrogen-bond donors (Lipinski definition) is 2. The Morgan fingerprint density at radius 2 is 1.78 bits per heavy atom. The number of alkyl halides is 1. The van der Waals surface area contributed by atoms with Crippen molar-refractivity contribution < 1.29 is 14.3 Å². The maximum Gasteiger partial charge on any atom is 0.251 e. The van der Waals surface area contributed by atoms with Crippen LogP contribution in [0.1, 0.15) is 10.4 Å². The fourth-order valence-electron chi connectivity index (χ4n) is 1.27. The van der Waals surface area contributed by atoms with E-state index in [1.54, 1.807) is 31.4 Å². The number of benzene rings is 1. The zero-order valence-electron chi connectivity index (χ0n) is 10.0. The van der Waals surface area contributed by atoms with Gasteiger partial charge in [-0.25, -0.2) is 0 Å². The Kier molecular flexibility index (Phi) is 6.00. The van der Waals surface area contributed by atoms with Crippen molar-refractivity contribution in [2.24, 2.45) is 0 Å². The largest absolute Gasteiger partial charge is 0.497 e. The van der Waals surface area contributed by atoms with Gasteiger partial charge in [-0.15, -0.1) is 11.6 Å². The topological polar surface area (TPSA) is 67.4 Å². The highest BCUT2D eigenvalue weighted by atomic mass is 35.5. The summed E-state index contributed by atoms with van der Waals surface area (Å²) in [5, 5.41) is 5.23. The summed E-state index contributed by atoms with van der Waals surface area (Å²) >= 11 is 5.31. The van der Waals surface area contributed by atoms with Gasteiger partial charge in [0.1, 0.15) is 11.6 Å². The Balaban J connectivity index is 2.33. The van der Waals surface area contributed by atoms with Gasteiger partial charge < -0.3 is 15.4 Å². The number of hydrogen-bond acceptors (Lipinski definition) is 3. The van der Waals surface area contributed by atoms with Crippen molar-refractivity contribution in [3.63, 3.8) is 0 Å². The monoisotopic (exact) mass is 270 g/mol. The van der Waals surface area contributed by atoms with Crippen molar-refractivity contribution in [3.8, 4) is 5.75 Å². The molecule has 98 valence electrons. The third-order valence-corrected chi connectivity index (χ3v) is 2.45. The second-order valence-electron chi connectivity index (χ2n) is 3.47. The molecule has 0 aliphatic carbocycles. The van der Waals surface area contributed by atoms with Crippen LogP contribution >= 0.6 is 11.6 Å². The number of carbonyl (C=O) groups is 2. The van der Waals surface area contributed by atoms with Crippen molar-refractivity contribution >= 4 is 23.4 Å². The summed E-state index contributed by atoms with van der Waals surface area (Å²) in [6, 6.07) is 6.77. The first-order valence-corrected chi connectivity index (χ1v) is 5.95. The molecule has 0 saturated carbocycles. The zero-order chi connectivity index (χ0) is 13.4. The lowest BCUT2D eigenvalue weighted by molar-refractivity contribution is -0.118. The molecule has 0 spiro atoms. The van der Waals surface area contributed by atoms with Crippen LogP contribution in [0.15, 0.2) is 24.3 Å². The minimum Gasteiger partial charge on any atom is -0.497 e. The number of carbonyl (C=O) groups excluding carboxylic acids is 2. The fourth-order valence-corrected chi connectivity index (χ4v) is 1.36. The van der Waals surface area contributed by atoms with Gasteiger partial charge in [0, 0.05) is 18.7 Å². The third-order valence-electron chi connectivity index (χ3n) is 2.21. The maximum absolute atomic E-state index is 11.7. The van der Waals surface area contributed by atoms with Gasteiger partial charge in [0.15, 0.2) is 0 Å². The number of methoxy groups -OCH3 is 1. The van der Waals surface area contributed by atoms with Crippen LogP contribution in [0.4, 0.5) is 0 Å². The van der Waals surface area contributed by atoms with Crippen molar-refractivity contribution in [1.29, 1.82) is 0 Å². The predicted octanol–water partition coefficient (Wildman–Crippen LogP) is 0.780. The van der Waals surface area contributed by atoms with E-state index in [4.69, 9.17) is 16.3 Å². The molecule has 1 aromatic rings. The van der Waals surface area contributed by atoms with E-state index in [0.717, 1.165) is 0 Å². The predicted molar refractivity (Wildman–Crippen MR) is 69.1 cm³/mol. The SMILES string of the molecule is COc1ccc(C(=O)NCCNC(=O)CCl)cc1. The van der Waals surface area contributed by atoms with Crippen LogP contribution in [0.2, 0.25) is 0 Å². The van der Waals surface area contributed by atoms with Crippen LogP contribution in [0.3, 0.4) is 0 Å². The standard InChI is InChI=1S/C12H15ClN2O3/c1-18-10-4-2-9(3-5-10)12(17)15-7-6-14-11(16)8-13/h2-5H,6-8H2,1H3,(H,14,16)(H,15,17). The van der Waals surface area contributed by atoms with Crippen molar-refractivity contribution in [2.45, 2.75) is 0 Å². The number of halogens is 1. The fraction of sp³-hybridized carbons (Fsp3) is 0.333. The summed E-state index contributed by atoms with van der Waals surface area (Å²) in [5.41, 5.74) is 0.541. The lowest BCUT2D eigenvalue weighted by Gasteiger charge is -2.06. The second-order valence-corrected chi connectivity index (χ2v) is 3.74. The normalized spacial score (nSPS) is 9.67. The molecule has 2 amide bonds. The molecule has 1 aromatic carbocycles. The molecule has 6 heteroatoms. The Hall–Kier alpha value is -1.75. The van der Waals surface area contributed by atoms with Crippen molar-refractivity contribution in [1.82, 2.24) is 10.6 Å². The first-order chi connectivity index (χ1) is 8.67.